The molecule has 0 saturated heterocycles. The second-order valence-corrected chi connectivity index (χ2v) is 5.88. The third-order valence-electron chi connectivity index (χ3n) is 4.29. The van der Waals surface area contributed by atoms with Crippen LogP contribution in [0.3, 0.4) is 0 Å². The molecule has 2 rings (SSSR count). The van der Waals surface area contributed by atoms with Crippen molar-refractivity contribution in [3.63, 3.8) is 0 Å². The molecule has 19 heavy (non-hydrogen) atoms. The Morgan fingerprint density at radius 2 is 2.05 bits per heavy atom. The van der Waals surface area contributed by atoms with Crippen molar-refractivity contribution >= 4 is 0 Å². The molecule has 0 spiro atoms. The van der Waals surface area contributed by atoms with Gasteiger partial charge in [-0.25, -0.2) is 0 Å². The molecule has 1 heterocycles. The fourth-order valence-corrected chi connectivity index (χ4v) is 3.17. The maximum Gasteiger partial charge on any atom is 0.0753 e. The number of hydrogen-bond acceptors (Lipinski definition) is 3. The highest BCUT2D eigenvalue weighted by Gasteiger charge is 2.21. The summed E-state index contributed by atoms with van der Waals surface area (Å²) >= 11 is 0. The highest BCUT2D eigenvalue weighted by Crippen LogP contribution is 2.30. The minimum atomic E-state index is 0.419. The van der Waals surface area contributed by atoms with E-state index in [-0.39, 0.29) is 0 Å². The molecule has 0 amide bonds. The molecule has 1 saturated carbocycles. The van der Waals surface area contributed by atoms with Crippen LogP contribution in [-0.2, 0) is 7.05 Å². The van der Waals surface area contributed by atoms with Crippen LogP contribution in [0, 0.1) is 5.92 Å². The summed E-state index contributed by atoms with van der Waals surface area (Å²) in [6.07, 6.45) is 12.8. The molecule has 1 fully saturated rings. The van der Waals surface area contributed by atoms with Crippen molar-refractivity contribution in [1.82, 2.24) is 20.3 Å². The van der Waals surface area contributed by atoms with Crippen LogP contribution >= 0.6 is 0 Å². The predicted octanol–water partition coefficient (Wildman–Crippen LogP) is 3.22. The molecule has 4 nitrogen and oxygen atoms in total. The molecule has 0 bridgehead atoms. The Labute approximate surface area is 117 Å². The second-order valence-electron chi connectivity index (χ2n) is 5.88. The monoisotopic (exact) mass is 264 g/mol. The molecule has 1 aliphatic carbocycles. The van der Waals surface area contributed by atoms with Gasteiger partial charge >= 0.3 is 0 Å². The van der Waals surface area contributed by atoms with Crippen LogP contribution in [0.15, 0.2) is 6.20 Å². The Hall–Kier alpha value is -0.900. The number of nitrogens with one attached hydrogen (secondary N) is 1. The molecule has 1 aliphatic rings. The average molecular weight is 264 g/mol. The Balaban J connectivity index is 1.98. The van der Waals surface area contributed by atoms with Crippen LogP contribution in [0.1, 0.15) is 70.0 Å². The van der Waals surface area contributed by atoms with Crippen LogP contribution < -0.4 is 5.32 Å². The highest BCUT2D eigenvalue weighted by molar-refractivity contribution is 5.02. The standard InChI is InChI=1S/C15H28N4/c1-3-10-16-14(15-12-17-18-19(15)2)11-13-8-6-4-5-7-9-13/h12-14,16H,3-11H2,1-2H3. The molecule has 1 atom stereocenters. The zero-order valence-electron chi connectivity index (χ0n) is 12.4. The Bertz CT molecular complexity index is 353. The first-order valence-electron chi connectivity index (χ1n) is 7.89. The Morgan fingerprint density at radius 1 is 1.32 bits per heavy atom. The largest absolute Gasteiger partial charge is 0.309 e. The molecule has 108 valence electrons. The summed E-state index contributed by atoms with van der Waals surface area (Å²) in [5.74, 6) is 0.867. The van der Waals surface area contributed by atoms with Crippen molar-refractivity contribution in [2.75, 3.05) is 6.54 Å². The molecule has 0 aliphatic heterocycles. The second kappa shape index (κ2) is 7.63. The first-order valence-corrected chi connectivity index (χ1v) is 7.89. The van der Waals surface area contributed by atoms with Gasteiger partial charge in [-0.15, -0.1) is 5.10 Å². The van der Waals surface area contributed by atoms with Crippen LogP contribution in [0.4, 0.5) is 0 Å². The van der Waals surface area contributed by atoms with Crippen LogP contribution in [-0.4, -0.2) is 21.5 Å². The molecule has 0 aromatic carbocycles. The molecule has 0 radical (unpaired) electrons. The van der Waals surface area contributed by atoms with E-state index >= 15 is 0 Å². The molecular weight excluding hydrogens is 236 g/mol. The zero-order chi connectivity index (χ0) is 13.5. The van der Waals surface area contributed by atoms with Gasteiger partial charge in [0.2, 0.25) is 0 Å². The lowest BCUT2D eigenvalue weighted by atomic mass is 9.91. The molecule has 1 N–H and O–H groups in total. The number of aryl methyl sites for hydroxylation is 1. The normalized spacial score (nSPS) is 19.3. The highest BCUT2D eigenvalue weighted by atomic mass is 15.4. The van der Waals surface area contributed by atoms with Crippen molar-refractivity contribution in [1.29, 1.82) is 0 Å². The molecule has 1 aromatic rings. The quantitative estimate of drug-likeness (QED) is 0.802. The van der Waals surface area contributed by atoms with Gasteiger partial charge in [0, 0.05) is 7.05 Å². The molecule has 4 heteroatoms. The maximum absolute atomic E-state index is 4.08. The molecule has 1 unspecified atom stereocenters. The van der Waals surface area contributed by atoms with Gasteiger partial charge in [-0.05, 0) is 25.3 Å². The summed E-state index contributed by atoms with van der Waals surface area (Å²) in [5.41, 5.74) is 1.23. The van der Waals surface area contributed by atoms with Gasteiger partial charge in [0.1, 0.15) is 0 Å². The fraction of sp³-hybridized carbons (Fsp3) is 0.867. The third-order valence-corrected chi connectivity index (χ3v) is 4.29. The lowest BCUT2D eigenvalue weighted by Crippen LogP contribution is -2.26. The van der Waals surface area contributed by atoms with E-state index in [9.17, 15) is 0 Å². The van der Waals surface area contributed by atoms with E-state index in [4.69, 9.17) is 0 Å². The number of aromatic nitrogens is 3. The lowest BCUT2D eigenvalue weighted by molar-refractivity contribution is 0.346. The van der Waals surface area contributed by atoms with E-state index in [1.54, 1.807) is 0 Å². The van der Waals surface area contributed by atoms with Gasteiger partial charge in [0.05, 0.1) is 17.9 Å². The van der Waals surface area contributed by atoms with E-state index in [0.717, 1.165) is 12.5 Å². The summed E-state index contributed by atoms with van der Waals surface area (Å²) < 4.78 is 1.92. The summed E-state index contributed by atoms with van der Waals surface area (Å²) in [6.45, 7) is 3.29. The van der Waals surface area contributed by atoms with Gasteiger partial charge in [0.15, 0.2) is 0 Å². The minimum absolute atomic E-state index is 0.419. The van der Waals surface area contributed by atoms with Crippen LogP contribution in [0.25, 0.3) is 0 Å². The SMILES string of the molecule is CCCNC(CC1CCCCCC1)c1cnnn1C. The van der Waals surface area contributed by atoms with E-state index in [0.29, 0.717) is 6.04 Å². The van der Waals surface area contributed by atoms with Crippen molar-refractivity contribution < 1.29 is 0 Å². The molecular formula is C15H28N4. The van der Waals surface area contributed by atoms with Crippen molar-refractivity contribution in [3.05, 3.63) is 11.9 Å². The smallest absolute Gasteiger partial charge is 0.0753 e. The van der Waals surface area contributed by atoms with E-state index < -0.39 is 0 Å². The van der Waals surface area contributed by atoms with Gasteiger partial charge in [-0.3, -0.25) is 4.68 Å². The number of rotatable bonds is 6. The Kier molecular flexibility index (Phi) is 5.83. The van der Waals surface area contributed by atoms with E-state index in [1.807, 2.05) is 17.9 Å². The first-order chi connectivity index (χ1) is 9.31. The van der Waals surface area contributed by atoms with Gasteiger partial charge in [-0.1, -0.05) is 50.7 Å². The summed E-state index contributed by atoms with van der Waals surface area (Å²) in [5, 5.41) is 11.8. The number of hydrogen-bond donors (Lipinski definition) is 1. The summed E-state index contributed by atoms with van der Waals surface area (Å²) in [4.78, 5) is 0. The lowest BCUT2D eigenvalue weighted by Gasteiger charge is -2.23. The Morgan fingerprint density at radius 3 is 2.63 bits per heavy atom. The van der Waals surface area contributed by atoms with Gasteiger partial charge in [0.25, 0.3) is 0 Å². The minimum Gasteiger partial charge on any atom is -0.309 e. The summed E-state index contributed by atoms with van der Waals surface area (Å²) in [6, 6.07) is 0.419. The zero-order valence-corrected chi connectivity index (χ0v) is 12.4. The third kappa shape index (κ3) is 4.30. The first kappa shape index (κ1) is 14.5. The number of nitrogens with zero attached hydrogens (tertiary/aromatic N) is 3. The maximum atomic E-state index is 4.08. The average Bonchev–Trinajstić information content (AvgIpc) is 2.68. The van der Waals surface area contributed by atoms with E-state index in [2.05, 4.69) is 22.6 Å². The van der Waals surface area contributed by atoms with Gasteiger partial charge in [-0.2, -0.15) is 0 Å². The van der Waals surface area contributed by atoms with Gasteiger partial charge < -0.3 is 5.32 Å². The van der Waals surface area contributed by atoms with Crippen molar-refractivity contribution in [2.45, 2.75) is 64.3 Å². The topological polar surface area (TPSA) is 42.7 Å². The van der Waals surface area contributed by atoms with E-state index in [1.165, 1.54) is 57.1 Å². The fourth-order valence-electron chi connectivity index (χ4n) is 3.17. The van der Waals surface area contributed by atoms with Crippen LogP contribution in [0.2, 0.25) is 0 Å². The summed E-state index contributed by atoms with van der Waals surface area (Å²) in [7, 11) is 2.00. The van der Waals surface area contributed by atoms with Crippen molar-refractivity contribution in [2.24, 2.45) is 13.0 Å². The van der Waals surface area contributed by atoms with Crippen molar-refractivity contribution in [3.8, 4) is 0 Å². The van der Waals surface area contributed by atoms with Crippen LogP contribution in [0.5, 0.6) is 0 Å². The predicted molar refractivity (Wildman–Crippen MR) is 77.8 cm³/mol. The molecule has 1 aromatic heterocycles.